The number of rotatable bonds is 6. The normalized spacial score (nSPS) is 15.4. The van der Waals surface area contributed by atoms with E-state index >= 15 is 0 Å². The van der Waals surface area contributed by atoms with Crippen LogP contribution in [-0.4, -0.2) is 0 Å². The van der Waals surface area contributed by atoms with Gasteiger partial charge in [-0.15, -0.1) is 0 Å². The molecule has 0 atom stereocenters. The van der Waals surface area contributed by atoms with Crippen molar-refractivity contribution in [3.63, 3.8) is 0 Å². The molecule has 0 saturated heterocycles. The summed E-state index contributed by atoms with van der Waals surface area (Å²) in [5.74, 6) is 0. The van der Waals surface area contributed by atoms with Crippen molar-refractivity contribution in [3.05, 3.63) is 113 Å². The van der Waals surface area contributed by atoms with Gasteiger partial charge >= 0.3 is 176 Å². The largest absolute Gasteiger partial charge is 1.00 e. The van der Waals surface area contributed by atoms with Gasteiger partial charge in [0.25, 0.3) is 0 Å². The first-order valence-electron chi connectivity index (χ1n) is 9.84. The fourth-order valence-corrected chi connectivity index (χ4v) is 7.91. The van der Waals surface area contributed by atoms with Gasteiger partial charge in [-0.25, -0.2) is 0 Å². The van der Waals surface area contributed by atoms with Crippen molar-refractivity contribution < 1.29 is 48.0 Å². The van der Waals surface area contributed by atoms with Crippen LogP contribution in [0.1, 0.15) is 37.8 Å². The van der Waals surface area contributed by atoms with Crippen LogP contribution in [0.3, 0.4) is 0 Å². The smallest absolute Gasteiger partial charge is 1.00 e. The molecular weight excluding hydrogens is 474 g/mol. The molecule has 148 valence electrons. The Kier molecular flexibility index (Phi) is 9.41. The Balaban J connectivity index is 0.00000150. The molecule has 0 bridgehead atoms. The molecule has 4 rings (SSSR count). The molecule has 0 N–H and O–H groups in total. The number of benzene rings is 2. The third-order valence-corrected chi connectivity index (χ3v) is 10.5. The molecule has 0 radical (unpaired) electrons. The first-order chi connectivity index (χ1) is 13.2. The van der Waals surface area contributed by atoms with E-state index in [9.17, 15) is 0 Å². The predicted molar refractivity (Wildman–Crippen MR) is 111 cm³/mol. The summed E-state index contributed by atoms with van der Waals surface area (Å²) in [6.07, 6.45) is 9.46. The van der Waals surface area contributed by atoms with E-state index in [2.05, 4.69) is 86.7 Å². The van der Waals surface area contributed by atoms with Gasteiger partial charge in [0.15, 0.2) is 0 Å². The van der Waals surface area contributed by atoms with E-state index in [0.717, 1.165) is 25.7 Å². The van der Waals surface area contributed by atoms with Gasteiger partial charge in [-0.2, -0.15) is 0 Å². The Morgan fingerprint density at radius 1 is 0.621 bits per heavy atom. The van der Waals surface area contributed by atoms with E-state index in [1.165, 1.54) is 11.1 Å². The predicted octanol–water partition coefficient (Wildman–Crippen LogP) is 0.771. The first-order valence-corrected chi connectivity index (χ1v) is 12.3. The number of hydrogen-bond acceptors (Lipinski definition) is 0. The second kappa shape index (κ2) is 11.3. The zero-order valence-corrected chi connectivity index (χ0v) is 21.0. The van der Waals surface area contributed by atoms with E-state index < -0.39 is 23.2 Å². The third-order valence-electron chi connectivity index (χ3n) is 5.58. The minimum Gasteiger partial charge on any atom is -1.00 e. The minimum absolute atomic E-state index is 0. The van der Waals surface area contributed by atoms with E-state index in [4.69, 9.17) is 0 Å². The van der Waals surface area contributed by atoms with Crippen LogP contribution < -0.4 is 24.8 Å². The summed E-state index contributed by atoms with van der Waals surface area (Å²) in [4.78, 5) is 0. The van der Waals surface area contributed by atoms with Crippen molar-refractivity contribution in [2.45, 2.75) is 39.5 Å². The molecule has 0 heterocycles. The minimum atomic E-state index is -0.777. The standard InChI is InChI=1S/2C13H13.2ClH.Zr/c2*1-11-7-8-13(9-11)10-12-5-3-2-4-6-12;;;/h2*2-7H,8,10H2,1H3;2*1H;/q;;;;+2/p-2. The van der Waals surface area contributed by atoms with Gasteiger partial charge in [0, 0.05) is 0 Å². The van der Waals surface area contributed by atoms with Crippen LogP contribution in [0, 0.1) is 0 Å². The number of hydrogen-bond donors (Lipinski definition) is 0. The molecule has 2 aliphatic carbocycles. The molecule has 2 aromatic carbocycles. The Hall–Kier alpha value is -1.14. The van der Waals surface area contributed by atoms with Gasteiger partial charge in [0.2, 0.25) is 0 Å². The first kappa shape index (κ1) is 24.1. The van der Waals surface area contributed by atoms with Crippen molar-refractivity contribution in [1.29, 1.82) is 0 Å². The summed E-state index contributed by atoms with van der Waals surface area (Å²) in [6, 6.07) is 21.9. The van der Waals surface area contributed by atoms with E-state index in [-0.39, 0.29) is 24.8 Å². The summed E-state index contributed by atoms with van der Waals surface area (Å²) >= 11 is -0.777. The maximum Gasteiger partial charge on any atom is -1.00 e. The Labute approximate surface area is 199 Å². The molecule has 0 fully saturated rings. The van der Waals surface area contributed by atoms with Crippen molar-refractivity contribution in [1.82, 2.24) is 0 Å². The molecule has 29 heavy (non-hydrogen) atoms. The fraction of sp³-hybridized carbons (Fsp3) is 0.231. The molecular formula is C26H26Cl2Zr. The van der Waals surface area contributed by atoms with Crippen LogP contribution in [0.15, 0.2) is 102 Å². The van der Waals surface area contributed by atoms with Crippen molar-refractivity contribution in [2.24, 2.45) is 0 Å². The number of allylic oxidation sites excluding steroid dienone is 8. The molecule has 0 unspecified atom stereocenters. The molecule has 0 aliphatic heterocycles. The van der Waals surface area contributed by atoms with Gasteiger partial charge in [0.05, 0.1) is 0 Å². The van der Waals surface area contributed by atoms with Crippen molar-refractivity contribution >= 4 is 0 Å². The summed E-state index contributed by atoms with van der Waals surface area (Å²) in [5.41, 5.74) is 9.36. The van der Waals surface area contributed by atoms with Gasteiger partial charge in [-0.05, 0) is 0 Å². The Bertz CT molecular complexity index is 871. The Morgan fingerprint density at radius 3 is 1.38 bits per heavy atom. The monoisotopic (exact) mass is 498 g/mol. The van der Waals surface area contributed by atoms with Crippen LogP contribution in [0.2, 0.25) is 0 Å². The summed E-state index contributed by atoms with van der Waals surface area (Å²) in [6.45, 7) is 4.67. The zero-order valence-electron chi connectivity index (χ0n) is 17.0. The quantitative estimate of drug-likeness (QED) is 0.550. The zero-order chi connectivity index (χ0) is 18.6. The molecule has 2 aliphatic rings. The SMILES string of the molecule is CC1=CCC(Cc2ccccc2)=[C]1[Zr+2][C]1=C(Cc2ccccc2)CC=C1C.[Cl-].[Cl-]. The maximum atomic E-state index is 2.46. The van der Waals surface area contributed by atoms with Gasteiger partial charge < -0.3 is 24.8 Å². The van der Waals surface area contributed by atoms with E-state index in [0.29, 0.717) is 0 Å². The van der Waals surface area contributed by atoms with Gasteiger partial charge in [0.1, 0.15) is 0 Å². The van der Waals surface area contributed by atoms with Crippen molar-refractivity contribution in [2.75, 3.05) is 0 Å². The Morgan fingerprint density at radius 2 is 1.00 bits per heavy atom. The van der Waals surface area contributed by atoms with E-state index in [1.807, 2.05) is 0 Å². The maximum absolute atomic E-state index is 2.46. The van der Waals surface area contributed by atoms with Crippen LogP contribution >= 0.6 is 0 Å². The molecule has 0 spiro atoms. The van der Waals surface area contributed by atoms with Crippen molar-refractivity contribution in [3.8, 4) is 0 Å². The van der Waals surface area contributed by atoms with Crippen LogP contribution in [0.4, 0.5) is 0 Å². The molecule has 2 aromatic rings. The van der Waals surface area contributed by atoms with Gasteiger partial charge in [-0.1, -0.05) is 0 Å². The average Bonchev–Trinajstić information content (AvgIpc) is 3.21. The third kappa shape index (κ3) is 5.94. The molecule has 0 nitrogen and oxygen atoms in total. The molecule has 3 heteroatoms. The summed E-state index contributed by atoms with van der Waals surface area (Å²) in [7, 11) is 0. The topological polar surface area (TPSA) is 0 Å². The van der Waals surface area contributed by atoms with Crippen LogP contribution in [0.5, 0.6) is 0 Å². The second-order valence-electron chi connectivity index (χ2n) is 7.59. The molecule has 0 amide bonds. The number of halogens is 2. The van der Waals surface area contributed by atoms with E-state index in [1.54, 1.807) is 28.9 Å². The fourth-order valence-electron chi connectivity index (χ4n) is 4.02. The average molecular weight is 501 g/mol. The van der Waals surface area contributed by atoms with Crippen LogP contribution in [0.25, 0.3) is 0 Å². The summed E-state index contributed by atoms with van der Waals surface area (Å²) < 4.78 is 3.50. The molecule has 0 saturated carbocycles. The molecule has 0 aromatic heterocycles. The second-order valence-corrected chi connectivity index (χ2v) is 10.7. The van der Waals surface area contributed by atoms with Crippen LogP contribution in [-0.2, 0) is 36.1 Å². The summed E-state index contributed by atoms with van der Waals surface area (Å²) in [5, 5.41) is 0. The van der Waals surface area contributed by atoms with Gasteiger partial charge in [-0.3, -0.25) is 0 Å².